The molecule has 4 fully saturated rings. The molecule has 8 unspecified atom stereocenters. The number of carbonyl (C=O) groups is 2. The van der Waals surface area contributed by atoms with Crippen LogP contribution in [0.2, 0.25) is 0 Å². The lowest BCUT2D eigenvalue weighted by molar-refractivity contribution is -0.139. The molecule has 0 aromatic rings. The van der Waals surface area contributed by atoms with E-state index in [1.165, 1.54) is 25.7 Å². The fourth-order valence-electron chi connectivity index (χ4n) is 4.14. The Morgan fingerprint density at radius 1 is 0.643 bits per heavy atom. The Labute approximate surface area is 169 Å². The summed E-state index contributed by atoms with van der Waals surface area (Å²) in [5.41, 5.74) is 0. The van der Waals surface area contributed by atoms with Crippen molar-refractivity contribution in [3.63, 3.8) is 0 Å². The predicted molar refractivity (Wildman–Crippen MR) is 106 cm³/mol. The lowest BCUT2D eigenvalue weighted by Gasteiger charge is -2.21. The van der Waals surface area contributed by atoms with Gasteiger partial charge in [-0.1, -0.05) is 27.7 Å². The van der Waals surface area contributed by atoms with E-state index in [0.29, 0.717) is 37.3 Å². The molecule has 0 amide bonds. The molecule has 6 heteroatoms. The summed E-state index contributed by atoms with van der Waals surface area (Å²) in [4.78, 5) is 19.8. The van der Waals surface area contributed by atoms with Crippen LogP contribution in [0.15, 0.2) is 0 Å². The van der Waals surface area contributed by atoms with Gasteiger partial charge in [0.05, 0.1) is 24.4 Å². The van der Waals surface area contributed by atoms with Crippen molar-refractivity contribution in [2.24, 2.45) is 23.7 Å². The molecule has 162 valence electrons. The Balaban J connectivity index is 0.000000150. The van der Waals surface area contributed by atoms with Crippen LogP contribution in [0.4, 0.5) is 0 Å². The minimum atomic E-state index is -0.870. The van der Waals surface area contributed by atoms with Gasteiger partial charge in [0.25, 0.3) is 0 Å². The zero-order valence-corrected chi connectivity index (χ0v) is 17.8. The summed E-state index contributed by atoms with van der Waals surface area (Å²) in [6.07, 6.45) is 8.92. The summed E-state index contributed by atoms with van der Waals surface area (Å²) in [7, 11) is 0. The maximum Gasteiger partial charge on any atom is 0.303 e. The summed E-state index contributed by atoms with van der Waals surface area (Å²) in [5, 5.41) is 16.3. The minimum Gasteiger partial charge on any atom is -0.481 e. The third-order valence-corrected chi connectivity index (χ3v) is 6.77. The van der Waals surface area contributed by atoms with E-state index < -0.39 is 11.9 Å². The number of hydrogen-bond donors (Lipinski definition) is 2. The normalized spacial score (nSPS) is 39.7. The fraction of sp³-hybridized carbons (Fsp3) is 0.909. The highest BCUT2D eigenvalue weighted by atomic mass is 16.6. The smallest absolute Gasteiger partial charge is 0.303 e. The summed E-state index contributed by atoms with van der Waals surface area (Å²) < 4.78 is 10.8. The number of carboxylic acids is 2. The lowest BCUT2D eigenvalue weighted by Crippen LogP contribution is -2.19. The average Bonchev–Trinajstić information content (AvgIpc) is 3.51. The van der Waals surface area contributed by atoms with Crippen LogP contribution in [0.25, 0.3) is 0 Å². The van der Waals surface area contributed by atoms with Gasteiger partial charge >= 0.3 is 11.9 Å². The van der Waals surface area contributed by atoms with E-state index in [2.05, 4.69) is 27.7 Å². The summed E-state index contributed by atoms with van der Waals surface area (Å²) >= 11 is 0. The molecule has 6 nitrogen and oxygen atoms in total. The third kappa shape index (κ3) is 8.08. The second-order valence-electron chi connectivity index (χ2n) is 9.27. The first-order valence-electron chi connectivity index (χ1n) is 10.9. The van der Waals surface area contributed by atoms with Gasteiger partial charge in [-0.15, -0.1) is 0 Å². The van der Waals surface area contributed by atoms with Crippen LogP contribution in [0.3, 0.4) is 0 Å². The van der Waals surface area contributed by atoms with Crippen molar-refractivity contribution in [2.45, 2.75) is 103 Å². The second-order valence-corrected chi connectivity index (χ2v) is 9.27. The highest BCUT2D eigenvalue weighted by Gasteiger charge is 2.46. The summed E-state index contributed by atoms with van der Waals surface area (Å²) in [5.74, 6) is 1.85. The molecule has 0 aromatic carbocycles. The molecule has 8 atom stereocenters. The average molecular weight is 399 g/mol. The fourth-order valence-corrected chi connectivity index (χ4v) is 4.14. The lowest BCUT2D eigenvalue weighted by atomic mass is 9.82. The van der Waals surface area contributed by atoms with E-state index in [1.54, 1.807) is 0 Å². The van der Waals surface area contributed by atoms with E-state index in [4.69, 9.17) is 19.7 Å². The van der Waals surface area contributed by atoms with E-state index >= 15 is 0 Å². The molecule has 28 heavy (non-hydrogen) atoms. The zero-order valence-electron chi connectivity index (χ0n) is 17.8. The van der Waals surface area contributed by atoms with Gasteiger partial charge < -0.3 is 19.7 Å². The molecule has 2 heterocycles. The van der Waals surface area contributed by atoms with Crippen molar-refractivity contribution in [2.75, 3.05) is 0 Å². The van der Waals surface area contributed by atoms with Crippen molar-refractivity contribution in [3.8, 4) is 0 Å². The summed E-state index contributed by atoms with van der Waals surface area (Å²) in [6, 6.07) is 0. The van der Waals surface area contributed by atoms with Crippen LogP contribution in [0.1, 0.15) is 79.1 Å². The molecule has 2 aliphatic heterocycles. The van der Waals surface area contributed by atoms with Crippen LogP contribution < -0.4 is 0 Å². The van der Waals surface area contributed by atoms with Gasteiger partial charge in [-0.05, 0) is 62.2 Å². The van der Waals surface area contributed by atoms with Crippen molar-refractivity contribution >= 4 is 11.9 Å². The Kier molecular flexibility index (Phi) is 8.75. The molecule has 0 aromatic heterocycles. The number of ether oxygens (including phenoxy) is 2. The van der Waals surface area contributed by atoms with Crippen LogP contribution in [0.5, 0.6) is 0 Å². The standard InChI is InChI=1S/2C8H14O.C6H10O4/c2*1-5-3-7-8(9-7)4-6(5)2;7-5(8)3-1-2-4-6(9)10/h2*5-8H,3-4H2,1-2H3;1-4H2,(H,7,8)(H,9,10). The van der Waals surface area contributed by atoms with Crippen molar-refractivity contribution in [3.05, 3.63) is 0 Å². The molecule has 2 N–H and O–H groups in total. The molecular weight excluding hydrogens is 360 g/mol. The molecule has 0 bridgehead atoms. The maximum atomic E-state index is 9.90. The topological polar surface area (TPSA) is 99.7 Å². The monoisotopic (exact) mass is 398 g/mol. The van der Waals surface area contributed by atoms with Crippen LogP contribution in [-0.2, 0) is 19.1 Å². The van der Waals surface area contributed by atoms with Crippen molar-refractivity contribution < 1.29 is 29.3 Å². The Bertz CT molecular complexity index is 447. The largest absolute Gasteiger partial charge is 0.481 e. The summed E-state index contributed by atoms with van der Waals surface area (Å²) in [6.45, 7) is 9.34. The van der Waals surface area contributed by atoms with Gasteiger partial charge in [0.15, 0.2) is 0 Å². The van der Waals surface area contributed by atoms with Gasteiger partial charge in [-0.25, -0.2) is 0 Å². The highest BCUT2D eigenvalue weighted by molar-refractivity contribution is 5.67. The number of epoxide rings is 2. The Hall–Kier alpha value is -1.14. The molecule has 0 spiro atoms. The van der Waals surface area contributed by atoms with E-state index in [0.717, 1.165) is 23.7 Å². The molecule has 2 saturated carbocycles. The number of hydrogen-bond acceptors (Lipinski definition) is 4. The van der Waals surface area contributed by atoms with E-state index in [-0.39, 0.29) is 12.8 Å². The molecule has 4 aliphatic rings. The second kappa shape index (κ2) is 10.6. The van der Waals surface area contributed by atoms with E-state index in [9.17, 15) is 9.59 Å². The predicted octanol–water partition coefficient (Wildman–Crippen LogP) is 4.36. The zero-order chi connectivity index (χ0) is 20.8. The van der Waals surface area contributed by atoms with Gasteiger partial charge in [0, 0.05) is 12.8 Å². The number of aliphatic carboxylic acids is 2. The van der Waals surface area contributed by atoms with Gasteiger partial charge in [-0.2, -0.15) is 0 Å². The van der Waals surface area contributed by atoms with Gasteiger partial charge in [0.1, 0.15) is 0 Å². The first kappa shape index (κ1) is 23.1. The quantitative estimate of drug-likeness (QED) is 0.527. The van der Waals surface area contributed by atoms with Crippen molar-refractivity contribution in [1.82, 2.24) is 0 Å². The number of unbranched alkanes of at least 4 members (excludes halogenated alkanes) is 1. The van der Waals surface area contributed by atoms with Crippen LogP contribution >= 0.6 is 0 Å². The van der Waals surface area contributed by atoms with Gasteiger partial charge in [-0.3, -0.25) is 9.59 Å². The maximum absolute atomic E-state index is 9.90. The molecular formula is C22H38O6. The number of carboxylic acid groups (broad SMARTS) is 2. The molecule has 2 aliphatic carbocycles. The SMILES string of the molecule is CC1CC2OC2CC1C.CC1CC2OC2CC1C.O=C(O)CCCCC(=O)O. The first-order valence-corrected chi connectivity index (χ1v) is 10.9. The van der Waals surface area contributed by atoms with Gasteiger partial charge in [0.2, 0.25) is 0 Å². The van der Waals surface area contributed by atoms with E-state index in [1.807, 2.05) is 0 Å². The number of fused-ring (bicyclic) bond motifs is 2. The van der Waals surface area contributed by atoms with Crippen LogP contribution in [-0.4, -0.2) is 46.6 Å². The Morgan fingerprint density at radius 2 is 0.893 bits per heavy atom. The first-order chi connectivity index (χ1) is 13.2. The molecule has 2 saturated heterocycles. The highest BCUT2D eigenvalue weighted by Crippen LogP contribution is 2.42. The number of rotatable bonds is 5. The van der Waals surface area contributed by atoms with Crippen LogP contribution in [0, 0.1) is 23.7 Å². The third-order valence-electron chi connectivity index (χ3n) is 6.77. The Morgan fingerprint density at radius 3 is 1.11 bits per heavy atom. The minimum absolute atomic E-state index is 0.0628. The molecule has 4 rings (SSSR count). The van der Waals surface area contributed by atoms with Crippen molar-refractivity contribution in [1.29, 1.82) is 0 Å². The molecule has 0 radical (unpaired) electrons.